The maximum Gasteiger partial charge on any atom is 0.337 e. The summed E-state index contributed by atoms with van der Waals surface area (Å²) in [5.41, 5.74) is 2.87. The van der Waals surface area contributed by atoms with Crippen molar-refractivity contribution in [1.29, 1.82) is 0 Å². The number of benzene rings is 1. The lowest BCUT2D eigenvalue weighted by molar-refractivity contribution is 0.0600. The fourth-order valence-corrected chi connectivity index (χ4v) is 3.50. The van der Waals surface area contributed by atoms with Gasteiger partial charge < -0.3 is 15.2 Å². The fraction of sp³-hybridized carbons (Fsp3) is 0.350. The van der Waals surface area contributed by atoms with Gasteiger partial charge in [-0.1, -0.05) is 12.1 Å². The third-order valence-corrected chi connectivity index (χ3v) is 4.99. The molecule has 0 amide bonds. The Morgan fingerprint density at radius 3 is 2.81 bits per heavy atom. The molecule has 0 unspecified atom stereocenters. The number of methoxy groups -OCH3 is 1. The summed E-state index contributed by atoms with van der Waals surface area (Å²) >= 11 is 0. The number of aromatic nitrogens is 3. The quantitative estimate of drug-likeness (QED) is 0.690. The number of rotatable bonds is 4. The highest BCUT2D eigenvalue weighted by Gasteiger charge is 2.20. The van der Waals surface area contributed by atoms with Gasteiger partial charge >= 0.3 is 5.97 Å². The van der Waals surface area contributed by atoms with Crippen LogP contribution in [-0.4, -0.2) is 44.9 Å². The van der Waals surface area contributed by atoms with Crippen molar-refractivity contribution in [3.05, 3.63) is 48.2 Å². The van der Waals surface area contributed by atoms with Gasteiger partial charge in [0, 0.05) is 11.6 Å². The van der Waals surface area contributed by atoms with E-state index in [4.69, 9.17) is 4.74 Å². The molecule has 3 aromatic rings. The second kappa shape index (κ2) is 7.36. The number of aliphatic hydroxyl groups is 1. The number of carbonyl (C=O) groups is 1. The Morgan fingerprint density at radius 2 is 2.04 bits per heavy atom. The van der Waals surface area contributed by atoms with E-state index in [1.807, 2.05) is 24.3 Å². The molecule has 0 bridgehead atoms. The third-order valence-electron chi connectivity index (χ3n) is 4.99. The molecule has 0 saturated heterocycles. The molecule has 1 aromatic carbocycles. The molecule has 0 spiro atoms. The van der Waals surface area contributed by atoms with Gasteiger partial charge in [-0.2, -0.15) is 0 Å². The van der Waals surface area contributed by atoms with E-state index in [9.17, 15) is 9.90 Å². The molecule has 2 heterocycles. The first-order chi connectivity index (χ1) is 13.1. The maximum atomic E-state index is 11.8. The summed E-state index contributed by atoms with van der Waals surface area (Å²) in [6.07, 6.45) is 5.06. The molecule has 0 radical (unpaired) electrons. The number of anilines is 1. The minimum absolute atomic E-state index is 0.180. The average Bonchev–Trinajstić information content (AvgIpc) is 3.12. The lowest BCUT2D eigenvalue weighted by Crippen LogP contribution is -2.28. The number of hydrogen-bond acceptors (Lipinski definition) is 6. The Morgan fingerprint density at radius 1 is 1.22 bits per heavy atom. The first-order valence-electron chi connectivity index (χ1n) is 9.12. The Bertz CT molecular complexity index is 961. The predicted molar refractivity (Wildman–Crippen MR) is 102 cm³/mol. The van der Waals surface area contributed by atoms with E-state index >= 15 is 0 Å². The van der Waals surface area contributed by atoms with Crippen molar-refractivity contribution in [2.45, 2.75) is 37.8 Å². The molecule has 1 saturated carbocycles. The average molecular weight is 366 g/mol. The van der Waals surface area contributed by atoms with E-state index in [1.165, 1.54) is 7.11 Å². The van der Waals surface area contributed by atoms with Crippen LogP contribution in [0, 0.1) is 0 Å². The molecule has 140 valence electrons. The van der Waals surface area contributed by atoms with Crippen LogP contribution in [0.3, 0.4) is 0 Å². The number of nitrogens with zero attached hydrogens (tertiary/aromatic N) is 3. The standard InChI is InChI=1S/C20H22N4O3/c1-27-20(26)14-4-2-3-13(11-14)17-12-21-19-10-9-18(23-24(17)19)22-15-5-7-16(25)8-6-15/h2-4,9-12,15-16,25H,5-8H2,1H3,(H,22,23). The zero-order chi connectivity index (χ0) is 18.8. The van der Waals surface area contributed by atoms with Crippen molar-refractivity contribution in [3.8, 4) is 11.3 Å². The van der Waals surface area contributed by atoms with Crippen molar-refractivity contribution >= 4 is 17.4 Å². The topological polar surface area (TPSA) is 88.8 Å². The van der Waals surface area contributed by atoms with E-state index < -0.39 is 0 Å². The van der Waals surface area contributed by atoms with Crippen LogP contribution in [0.15, 0.2) is 42.6 Å². The number of fused-ring (bicyclic) bond motifs is 1. The van der Waals surface area contributed by atoms with Gasteiger partial charge in [0.05, 0.1) is 30.7 Å². The minimum Gasteiger partial charge on any atom is -0.465 e. The molecule has 2 aromatic heterocycles. The van der Waals surface area contributed by atoms with Crippen LogP contribution in [0.1, 0.15) is 36.0 Å². The number of nitrogens with one attached hydrogen (secondary N) is 1. The van der Waals surface area contributed by atoms with Gasteiger partial charge in [0.15, 0.2) is 5.65 Å². The van der Waals surface area contributed by atoms with Crippen molar-refractivity contribution in [2.75, 3.05) is 12.4 Å². The summed E-state index contributed by atoms with van der Waals surface area (Å²) in [7, 11) is 1.37. The molecule has 7 nitrogen and oxygen atoms in total. The summed E-state index contributed by atoms with van der Waals surface area (Å²) < 4.78 is 6.58. The molecular weight excluding hydrogens is 344 g/mol. The van der Waals surface area contributed by atoms with E-state index in [1.54, 1.807) is 22.8 Å². The molecule has 2 N–H and O–H groups in total. The monoisotopic (exact) mass is 366 g/mol. The number of hydrogen-bond donors (Lipinski definition) is 2. The molecule has 0 aliphatic heterocycles. The summed E-state index contributed by atoms with van der Waals surface area (Å²) in [4.78, 5) is 16.2. The van der Waals surface area contributed by atoms with E-state index in [2.05, 4.69) is 15.4 Å². The largest absolute Gasteiger partial charge is 0.465 e. The Hall–Kier alpha value is -2.93. The number of carbonyl (C=O) groups excluding carboxylic acids is 1. The lowest BCUT2D eigenvalue weighted by atomic mass is 9.93. The first-order valence-corrected chi connectivity index (χ1v) is 9.12. The maximum absolute atomic E-state index is 11.8. The van der Waals surface area contributed by atoms with Crippen LogP contribution in [0.4, 0.5) is 5.82 Å². The van der Waals surface area contributed by atoms with Gasteiger partial charge in [-0.3, -0.25) is 0 Å². The molecule has 1 aliphatic carbocycles. The Balaban J connectivity index is 1.63. The highest BCUT2D eigenvalue weighted by atomic mass is 16.5. The van der Waals surface area contributed by atoms with Gasteiger partial charge in [-0.15, -0.1) is 5.10 Å². The van der Waals surface area contributed by atoms with Gasteiger partial charge in [-0.25, -0.2) is 14.3 Å². The zero-order valence-electron chi connectivity index (χ0n) is 15.1. The van der Waals surface area contributed by atoms with Crippen LogP contribution in [0.2, 0.25) is 0 Å². The van der Waals surface area contributed by atoms with Crippen LogP contribution < -0.4 is 5.32 Å². The van der Waals surface area contributed by atoms with E-state index in [0.29, 0.717) is 11.6 Å². The Labute approximate surface area is 157 Å². The molecule has 1 aliphatic rings. The third kappa shape index (κ3) is 3.64. The Kier molecular flexibility index (Phi) is 4.77. The smallest absolute Gasteiger partial charge is 0.337 e. The predicted octanol–water partition coefficient (Wildman–Crippen LogP) is 2.90. The van der Waals surface area contributed by atoms with Crippen molar-refractivity contribution in [1.82, 2.24) is 14.6 Å². The van der Waals surface area contributed by atoms with Gasteiger partial charge in [0.1, 0.15) is 5.82 Å². The van der Waals surface area contributed by atoms with E-state index in [0.717, 1.165) is 48.4 Å². The van der Waals surface area contributed by atoms with Crippen molar-refractivity contribution < 1.29 is 14.6 Å². The van der Waals surface area contributed by atoms with Crippen LogP contribution in [0.5, 0.6) is 0 Å². The summed E-state index contributed by atoms with van der Waals surface area (Å²) in [6, 6.07) is 11.4. The van der Waals surface area contributed by atoms with Crippen LogP contribution in [0.25, 0.3) is 16.9 Å². The molecule has 4 rings (SSSR count). The second-order valence-corrected chi connectivity index (χ2v) is 6.85. The normalized spacial score (nSPS) is 19.8. The van der Waals surface area contributed by atoms with Gasteiger partial charge in [0.25, 0.3) is 0 Å². The molecule has 27 heavy (non-hydrogen) atoms. The van der Waals surface area contributed by atoms with Crippen LogP contribution in [-0.2, 0) is 4.74 Å². The van der Waals surface area contributed by atoms with Gasteiger partial charge in [-0.05, 0) is 49.9 Å². The van der Waals surface area contributed by atoms with Gasteiger partial charge in [0.2, 0.25) is 0 Å². The minimum atomic E-state index is -0.375. The number of ether oxygens (including phenoxy) is 1. The van der Waals surface area contributed by atoms with Crippen molar-refractivity contribution in [3.63, 3.8) is 0 Å². The number of esters is 1. The van der Waals surface area contributed by atoms with E-state index in [-0.39, 0.29) is 12.1 Å². The molecular formula is C20H22N4O3. The zero-order valence-corrected chi connectivity index (χ0v) is 15.1. The fourth-order valence-electron chi connectivity index (χ4n) is 3.50. The molecule has 0 atom stereocenters. The highest BCUT2D eigenvalue weighted by Crippen LogP contribution is 2.24. The van der Waals surface area contributed by atoms with Crippen molar-refractivity contribution in [2.24, 2.45) is 0 Å². The number of aliphatic hydroxyl groups excluding tert-OH is 1. The molecule has 1 fully saturated rings. The van der Waals surface area contributed by atoms with Crippen LogP contribution >= 0.6 is 0 Å². The molecule has 7 heteroatoms. The SMILES string of the molecule is COC(=O)c1cccc(-c2cnc3ccc(NC4CCC(O)CC4)nn23)c1. The summed E-state index contributed by atoms with van der Waals surface area (Å²) in [5.74, 6) is 0.396. The number of imidazole rings is 1. The lowest BCUT2D eigenvalue weighted by Gasteiger charge is -2.26. The first kappa shape index (κ1) is 17.5. The summed E-state index contributed by atoms with van der Waals surface area (Å²) in [5, 5.41) is 17.8. The second-order valence-electron chi connectivity index (χ2n) is 6.85. The highest BCUT2D eigenvalue weighted by molar-refractivity contribution is 5.90. The summed E-state index contributed by atoms with van der Waals surface area (Å²) in [6.45, 7) is 0.